The number of likely N-dealkylation sites (N-methyl/N-ethyl adjacent to an activating group) is 1. The van der Waals surface area contributed by atoms with Gasteiger partial charge in [0.1, 0.15) is 11.9 Å². The number of benzene rings is 2. The molecule has 1 unspecified atom stereocenters. The molecule has 6 heteroatoms. The van der Waals surface area contributed by atoms with Gasteiger partial charge in [-0.25, -0.2) is 4.39 Å². The number of carbonyl (C=O) groups excluding carboxylic acids is 1. The van der Waals surface area contributed by atoms with Gasteiger partial charge in [-0.2, -0.15) is 0 Å². The molecule has 0 saturated carbocycles. The third kappa shape index (κ3) is 4.82. The summed E-state index contributed by atoms with van der Waals surface area (Å²) in [7, 11) is 2.13. The maximum Gasteiger partial charge on any atom is 0.244 e. The topological polar surface area (TPSA) is 30.0 Å². The van der Waals surface area contributed by atoms with Gasteiger partial charge in [-0.3, -0.25) is 9.69 Å². The van der Waals surface area contributed by atoms with Gasteiger partial charge in [-0.1, -0.05) is 30.3 Å². The van der Waals surface area contributed by atoms with Crippen molar-refractivity contribution in [1.29, 1.82) is 0 Å². The molecule has 2 saturated heterocycles. The summed E-state index contributed by atoms with van der Waals surface area (Å²) in [6, 6.07) is 16.6. The van der Waals surface area contributed by atoms with Gasteiger partial charge >= 0.3 is 0 Å². The lowest BCUT2D eigenvalue weighted by molar-refractivity contribution is -0.137. The Morgan fingerprint density at radius 2 is 1.53 bits per heavy atom. The summed E-state index contributed by atoms with van der Waals surface area (Å²) in [5.41, 5.74) is 2.09. The van der Waals surface area contributed by atoms with Crippen molar-refractivity contribution in [3.63, 3.8) is 0 Å². The molecule has 0 aliphatic carbocycles. The molecule has 0 N–H and O–H groups in total. The maximum atomic E-state index is 13.7. The van der Waals surface area contributed by atoms with Crippen molar-refractivity contribution in [2.24, 2.45) is 0 Å². The molecule has 0 radical (unpaired) electrons. The van der Waals surface area contributed by atoms with Crippen LogP contribution >= 0.6 is 0 Å². The van der Waals surface area contributed by atoms with Gasteiger partial charge in [0.25, 0.3) is 0 Å². The third-order valence-electron chi connectivity index (χ3n) is 6.25. The second-order valence-corrected chi connectivity index (χ2v) is 8.29. The largest absolute Gasteiger partial charge is 0.370 e. The summed E-state index contributed by atoms with van der Waals surface area (Å²) in [6.07, 6.45) is 0.910. The van der Waals surface area contributed by atoms with Crippen LogP contribution in [0.25, 0.3) is 0 Å². The van der Waals surface area contributed by atoms with Gasteiger partial charge in [-0.15, -0.1) is 0 Å². The van der Waals surface area contributed by atoms with Crippen LogP contribution in [-0.4, -0.2) is 80.0 Å². The summed E-state index contributed by atoms with van der Waals surface area (Å²) in [6.45, 7) is 6.85. The van der Waals surface area contributed by atoms with E-state index in [1.807, 2.05) is 35.2 Å². The van der Waals surface area contributed by atoms with E-state index in [0.29, 0.717) is 6.54 Å². The molecule has 0 bridgehead atoms. The molecule has 0 aromatic heterocycles. The number of piperazine rings is 1. The van der Waals surface area contributed by atoms with Crippen molar-refractivity contribution in [1.82, 2.24) is 14.7 Å². The predicted molar refractivity (Wildman–Crippen MR) is 118 cm³/mol. The molecule has 160 valence electrons. The van der Waals surface area contributed by atoms with E-state index in [1.54, 1.807) is 0 Å². The van der Waals surface area contributed by atoms with Crippen LogP contribution < -0.4 is 4.90 Å². The van der Waals surface area contributed by atoms with Gasteiger partial charge in [0.15, 0.2) is 0 Å². The molecule has 2 aliphatic rings. The molecular formula is C24H31FN4O. The highest BCUT2D eigenvalue weighted by molar-refractivity contribution is 5.83. The van der Waals surface area contributed by atoms with E-state index < -0.39 is 0 Å². The molecular weight excluding hydrogens is 379 g/mol. The molecule has 0 spiro atoms. The number of rotatable bonds is 4. The average molecular weight is 411 g/mol. The Kier molecular flexibility index (Phi) is 6.65. The van der Waals surface area contributed by atoms with Crippen molar-refractivity contribution >= 4 is 11.6 Å². The lowest BCUT2D eigenvalue weighted by Gasteiger charge is -2.39. The van der Waals surface area contributed by atoms with Crippen LogP contribution in [-0.2, 0) is 4.79 Å². The quantitative estimate of drug-likeness (QED) is 0.776. The Hall–Kier alpha value is -2.44. The Labute approximate surface area is 178 Å². The third-order valence-corrected chi connectivity index (χ3v) is 6.25. The predicted octanol–water partition coefficient (Wildman–Crippen LogP) is 2.85. The highest BCUT2D eigenvalue weighted by Gasteiger charge is 2.33. The second kappa shape index (κ2) is 9.58. The van der Waals surface area contributed by atoms with Crippen molar-refractivity contribution in [3.05, 3.63) is 66.0 Å². The first kappa shape index (κ1) is 20.8. The van der Waals surface area contributed by atoms with Crippen LogP contribution in [0.5, 0.6) is 0 Å². The summed E-state index contributed by atoms with van der Waals surface area (Å²) < 4.78 is 13.3. The monoisotopic (exact) mass is 410 g/mol. The molecule has 1 atom stereocenters. The average Bonchev–Trinajstić information content (AvgIpc) is 3.03. The first-order valence-electron chi connectivity index (χ1n) is 10.9. The Balaban J connectivity index is 1.49. The van der Waals surface area contributed by atoms with Crippen LogP contribution in [0.2, 0.25) is 0 Å². The van der Waals surface area contributed by atoms with E-state index in [9.17, 15) is 9.18 Å². The highest BCUT2D eigenvalue weighted by Crippen LogP contribution is 2.26. The fourth-order valence-electron chi connectivity index (χ4n) is 4.45. The fourth-order valence-corrected chi connectivity index (χ4v) is 4.45. The first-order chi connectivity index (χ1) is 14.6. The first-order valence-corrected chi connectivity index (χ1v) is 10.9. The van der Waals surface area contributed by atoms with Crippen molar-refractivity contribution < 1.29 is 9.18 Å². The molecule has 1 amide bonds. The summed E-state index contributed by atoms with van der Waals surface area (Å²) >= 11 is 0. The smallest absolute Gasteiger partial charge is 0.244 e. The van der Waals surface area contributed by atoms with Crippen molar-refractivity contribution in [2.45, 2.75) is 12.5 Å². The molecule has 5 nitrogen and oxygen atoms in total. The lowest BCUT2D eigenvalue weighted by Crippen LogP contribution is -2.51. The summed E-state index contributed by atoms with van der Waals surface area (Å²) in [4.78, 5) is 22.6. The Bertz CT molecular complexity index is 821. The summed E-state index contributed by atoms with van der Waals surface area (Å²) in [5.74, 6) is -0.0186. The molecule has 30 heavy (non-hydrogen) atoms. The van der Waals surface area contributed by atoms with E-state index in [4.69, 9.17) is 0 Å². The zero-order chi connectivity index (χ0) is 20.9. The normalized spacial score (nSPS) is 20.1. The number of carbonyl (C=O) groups is 1. The van der Waals surface area contributed by atoms with Gasteiger partial charge < -0.3 is 14.7 Å². The number of amides is 1. The molecule has 2 fully saturated rings. The summed E-state index contributed by atoms with van der Waals surface area (Å²) in [5, 5.41) is 0. The molecule has 2 aromatic carbocycles. The molecule has 2 heterocycles. The molecule has 2 aliphatic heterocycles. The maximum absolute atomic E-state index is 13.7. The number of nitrogens with zero attached hydrogens (tertiary/aromatic N) is 4. The van der Waals surface area contributed by atoms with Crippen molar-refractivity contribution in [2.75, 3.05) is 64.3 Å². The zero-order valence-electron chi connectivity index (χ0n) is 17.7. The lowest BCUT2D eigenvalue weighted by atomic mass is 10.0. The van der Waals surface area contributed by atoms with Gasteiger partial charge in [-0.05, 0) is 43.3 Å². The van der Waals surface area contributed by atoms with Crippen LogP contribution in [0.3, 0.4) is 0 Å². The fraction of sp³-hybridized carbons (Fsp3) is 0.458. The second-order valence-electron chi connectivity index (χ2n) is 8.29. The molecule has 4 rings (SSSR count). The number of anilines is 1. The van der Waals surface area contributed by atoms with Gasteiger partial charge in [0.05, 0.1) is 0 Å². The SMILES string of the molecule is CN1CCN(C(C(=O)N2CCCN(c3ccc(F)cc3)CC2)c2ccccc2)CC1. The van der Waals surface area contributed by atoms with E-state index in [1.165, 1.54) is 12.1 Å². The minimum absolute atomic E-state index is 0.201. The van der Waals surface area contributed by atoms with E-state index in [2.05, 4.69) is 33.9 Å². The highest BCUT2D eigenvalue weighted by atomic mass is 19.1. The van der Waals surface area contributed by atoms with E-state index in [0.717, 1.165) is 63.5 Å². The van der Waals surface area contributed by atoms with Crippen LogP contribution in [0.4, 0.5) is 10.1 Å². The zero-order valence-corrected chi connectivity index (χ0v) is 17.7. The number of halogens is 1. The van der Waals surface area contributed by atoms with E-state index >= 15 is 0 Å². The minimum atomic E-state index is -0.225. The van der Waals surface area contributed by atoms with Gasteiger partial charge in [0.2, 0.25) is 5.91 Å². The number of hydrogen-bond acceptors (Lipinski definition) is 4. The van der Waals surface area contributed by atoms with Crippen LogP contribution in [0.15, 0.2) is 54.6 Å². The standard InChI is InChI=1S/C24H31FN4O/c1-26-14-16-28(17-15-26)23(20-6-3-2-4-7-20)24(30)29-13-5-12-27(18-19-29)22-10-8-21(25)9-11-22/h2-4,6-11,23H,5,12-19H2,1H3. The van der Waals surface area contributed by atoms with E-state index in [-0.39, 0.29) is 17.8 Å². The van der Waals surface area contributed by atoms with Gasteiger partial charge in [0, 0.05) is 58.0 Å². The van der Waals surface area contributed by atoms with Crippen LogP contribution in [0.1, 0.15) is 18.0 Å². The Morgan fingerprint density at radius 3 is 2.23 bits per heavy atom. The van der Waals surface area contributed by atoms with Crippen LogP contribution in [0, 0.1) is 5.82 Å². The Morgan fingerprint density at radius 1 is 0.833 bits per heavy atom. The minimum Gasteiger partial charge on any atom is -0.370 e. The molecule has 2 aromatic rings. The number of hydrogen-bond donors (Lipinski definition) is 0. The van der Waals surface area contributed by atoms with Crippen molar-refractivity contribution in [3.8, 4) is 0 Å².